The van der Waals surface area contributed by atoms with Crippen molar-refractivity contribution < 1.29 is 22.6 Å². The van der Waals surface area contributed by atoms with Crippen molar-refractivity contribution in [1.82, 2.24) is 0 Å². The minimum Gasteiger partial charge on any atom is -0.325 e. The smallest absolute Gasteiger partial charge is 0.279 e. The third kappa shape index (κ3) is 1.65. The lowest BCUT2D eigenvalue weighted by atomic mass is 10.3. The lowest BCUT2D eigenvalue weighted by Crippen LogP contribution is -2.40. The average molecular weight is 311 g/mol. The van der Waals surface area contributed by atoms with Crippen LogP contribution < -0.4 is 9.44 Å². The minimum atomic E-state index is -4.09. The van der Waals surface area contributed by atoms with Gasteiger partial charge in [-0.1, -0.05) is 12.1 Å². The lowest BCUT2D eigenvalue weighted by Gasteiger charge is -2.15. The molecule has 0 aliphatic carbocycles. The fourth-order valence-corrected chi connectivity index (χ4v) is 6.53. The van der Waals surface area contributed by atoms with Crippen molar-refractivity contribution in [3.63, 3.8) is 0 Å². The van der Waals surface area contributed by atoms with Crippen LogP contribution in [0.25, 0.3) is 0 Å². The van der Waals surface area contributed by atoms with Gasteiger partial charge in [-0.15, -0.1) is 0 Å². The summed E-state index contributed by atoms with van der Waals surface area (Å²) in [6.07, 6.45) is 0. The summed E-state index contributed by atoms with van der Waals surface area (Å²) < 4.78 is 50.1. The molecule has 6 nitrogen and oxygen atoms in total. The molecule has 2 aromatic carbocycles. The topological polar surface area (TPSA) is 99.2 Å². The van der Waals surface area contributed by atoms with Crippen molar-refractivity contribution in [2.45, 2.75) is 9.79 Å². The van der Waals surface area contributed by atoms with Gasteiger partial charge in [0.05, 0.1) is 5.69 Å². The number of rotatable bonds is 1. The van der Waals surface area contributed by atoms with Gasteiger partial charge in [0, 0.05) is 12.1 Å². The molecule has 20 heavy (non-hydrogen) atoms. The van der Waals surface area contributed by atoms with Gasteiger partial charge >= 0.3 is 0 Å². The molecule has 0 saturated carbocycles. The Morgan fingerprint density at radius 1 is 0.750 bits per heavy atom. The fourth-order valence-electron chi connectivity index (χ4n) is 2.08. The van der Waals surface area contributed by atoms with Crippen LogP contribution in [0.4, 0.5) is 11.4 Å². The maximum Gasteiger partial charge on any atom is 0.279 e. The van der Waals surface area contributed by atoms with E-state index < -0.39 is 20.0 Å². The van der Waals surface area contributed by atoms with Gasteiger partial charge in [0.15, 0.2) is 0 Å². The number of fused-ring (bicyclic) bond motifs is 1. The van der Waals surface area contributed by atoms with E-state index >= 15 is 0 Å². The van der Waals surface area contributed by atoms with E-state index in [-0.39, 0.29) is 15.5 Å². The van der Waals surface area contributed by atoms with Crippen molar-refractivity contribution >= 4 is 31.4 Å². The second-order valence-corrected chi connectivity index (χ2v) is 8.06. The Hall–Kier alpha value is -1.90. The molecule has 0 spiro atoms. The zero-order valence-corrected chi connectivity index (χ0v) is 11.9. The Balaban J connectivity index is 2.32. The van der Waals surface area contributed by atoms with Crippen LogP contribution in [0.3, 0.4) is 0 Å². The van der Waals surface area contributed by atoms with Gasteiger partial charge in [-0.3, -0.25) is 0 Å². The molecule has 0 unspecified atom stereocenters. The second kappa shape index (κ2) is 4.05. The summed E-state index contributed by atoms with van der Waals surface area (Å²) in [7, 11) is -8.19. The highest BCUT2D eigenvalue weighted by Gasteiger charge is 2.47. The van der Waals surface area contributed by atoms with Crippen molar-refractivity contribution in [2.24, 2.45) is 0 Å². The summed E-state index contributed by atoms with van der Waals surface area (Å²) in [5, 5.41) is 0. The summed E-state index contributed by atoms with van der Waals surface area (Å²) in [4.78, 5) is -0.391. The maximum absolute atomic E-state index is 12.4. The third-order valence-electron chi connectivity index (χ3n) is 2.99. The number of hydrogen-bond donors (Lipinski definition) is 1. The molecule has 2 aromatic rings. The van der Waals surface area contributed by atoms with Gasteiger partial charge in [-0.2, -0.15) is 20.5 Å². The molecule has 0 radical (unpaired) electrons. The van der Waals surface area contributed by atoms with E-state index in [0.29, 0.717) is 9.40 Å². The molecule has 0 atom stereocenters. The average Bonchev–Trinajstić information content (AvgIpc) is 2.56. The van der Waals surface area contributed by atoms with Crippen molar-refractivity contribution in [1.29, 1.82) is 0 Å². The molecule has 0 bridgehead atoms. The Kier molecular flexibility index (Phi) is 2.65. The van der Waals surface area contributed by atoms with Crippen LogP contribution in [0.2, 0.25) is 0 Å². The van der Waals surface area contributed by atoms with Crippen LogP contribution >= 0.6 is 0 Å². The summed E-state index contributed by atoms with van der Waals surface area (Å²) in [6.45, 7) is 0. The molecule has 1 aliphatic rings. The molecule has 3 rings (SSSR count). The van der Waals surface area contributed by atoms with E-state index in [9.17, 15) is 16.8 Å². The van der Waals surface area contributed by atoms with Crippen LogP contribution in [-0.2, 0) is 20.0 Å². The highest BCUT2D eigenvalue weighted by molar-refractivity contribution is 8.12. The minimum absolute atomic E-state index is 0.0774. The van der Waals surface area contributed by atoms with Gasteiger partial charge in [-0.25, -0.2) is 0 Å². The monoisotopic (exact) mass is 311 g/mol. The lowest BCUT2D eigenvalue weighted by molar-refractivity contribution is -0.254. The molecule has 8 heteroatoms. The summed E-state index contributed by atoms with van der Waals surface area (Å²) in [5.41, 5.74) is 4.43. The van der Waals surface area contributed by atoms with Gasteiger partial charge in [0.2, 0.25) is 0 Å². The number of hydrogen-bond acceptors (Lipinski definition) is 4. The van der Waals surface area contributed by atoms with Crippen molar-refractivity contribution in [2.75, 3.05) is 3.71 Å². The van der Waals surface area contributed by atoms with Crippen LogP contribution in [-0.4, -0.2) is 16.8 Å². The first kappa shape index (κ1) is 13.1. The summed E-state index contributed by atoms with van der Waals surface area (Å²) in [5.74, 6) is 0. The van der Waals surface area contributed by atoms with Crippen molar-refractivity contribution in [3.8, 4) is 0 Å². The number of anilines is 1. The summed E-state index contributed by atoms with van der Waals surface area (Å²) in [6, 6.07) is 11.5. The molecule has 0 fully saturated rings. The Morgan fingerprint density at radius 3 is 1.65 bits per heavy atom. The molecular formula is C12H11N2O4S2+. The zero-order valence-electron chi connectivity index (χ0n) is 10.2. The molecule has 0 amide bonds. The maximum atomic E-state index is 12.4. The Morgan fingerprint density at radius 2 is 1.20 bits per heavy atom. The molecule has 0 saturated heterocycles. The number of quaternary nitrogens is 1. The van der Waals surface area contributed by atoms with Crippen molar-refractivity contribution in [3.05, 3.63) is 48.5 Å². The van der Waals surface area contributed by atoms with Crippen LogP contribution in [0.1, 0.15) is 0 Å². The van der Waals surface area contributed by atoms with Gasteiger partial charge in [-0.05, 0) is 24.3 Å². The predicted molar refractivity (Wildman–Crippen MR) is 72.3 cm³/mol. The number of nitrogens with zero attached hydrogens (tertiary/aromatic N) is 1. The predicted octanol–water partition coefficient (Wildman–Crippen LogP) is 0.458. The third-order valence-corrected chi connectivity index (χ3v) is 7.41. The first-order valence-electron chi connectivity index (χ1n) is 5.67. The zero-order chi connectivity index (χ0) is 14.5. The van der Waals surface area contributed by atoms with E-state index in [1.165, 1.54) is 36.4 Å². The number of sulfonamides is 2. The Labute approximate surface area is 116 Å². The van der Waals surface area contributed by atoms with Gasteiger partial charge < -0.3 is 5.73 Å². The molecule has 1 heterocycles. The van der Waals surface area contributed by atoms with Crippen LogP contribution in [0, 0.1) is 0 Å². The normalized spacial score (nSPS) is 18.8. The SMILES string of the molecule is [NH3+]c1ccc(N2S(=O)(=O)c3ccccc3S2(=O)=O)cc1. The van der Waals surface area contributed by atoms with E-state index in [1.54, 1.807) is 12.1 Å². The molecule has 0 aromatic heterocycles. The molecule has 104 valence electrons. The summed E-state index contributed by atoms with van der Waals surface area (Å²) >= 11 is 0. The molecule has 1 aliphatic heterocycles. The largest absolute Gasteiger partial charge is 0.325 e. The highest BCUT2D eigenvalue weighted by Crippen LogP contribution is 2.39. The number of benzene rings is 2. The second-order valence-electron chi connectivity index (χ2n) is 4.32. The van der Waals surface area contributed by atoms with Crippen LogP contribution in [0.15, 0.2) is 58.3 Å². The molecular weight excluding hydrogens is 300 g/mol. The fraction of sp³-hybridized carbons (Fsp3) is 0. The first-order chi connectivity index (χ1) is 9.35. The standard InChI is InChI=1S/C12H10N2O4S2/c13-9-5-7-10(8-6-9)14-19(15,16)11-3-1-2-4-12(11)20(14,17)18/h1-8H,13H2/p+1. The van der Waals surface area contributed by atoms with E-state index in [2.05, 4.69) is 5.73 Å². The van der Waals surface area contributed by atoms with Crippen LogP contribution in [0.5, 0.6) is 0 Å². The van der Waals surface area contributed by atoms with Gasteiger partial charge in [0.25, 0.3) is 20.0 Å². The van der Waals surface area contributed by atoms with E-state index in [0.717, 1.165) is 0 Å². The first-order valence-corrected chi connectivity index (χ1v) is 8.55. The molecule has 3 N–H and O–H groups in total. The van der Waals surface area contributed by atoms with E-state index in [4.69, 9.17) is 0 Å². The quantitative estimate of drug-likeness (QED) is 0.827. The van der Waals surface area contributed by atoms with Gasteiger partial charge in [0.1, 0.15) is 15.5 Å². The highest BCUT2D eigenvalue weighted by atomic mass is 32.3. The van der Waals surface area contributed by atoms with E-state index in [1.807, 2.05) is 0 Å². The Bertz CT molecular complexity index is 834.